The van der Waals surface area contributed by atoms with Gasteiger partial charge in [-0.25, -0.2) is 0 Å². The molecule has 1 nitrogen and oxygen atoms in total. The minimum Gasteiger partial charge on any atom is -0.417 e. The van der Waals surface area contributed by atoms with Gasteiger partial charge >= 0.3 is 0 Å². The van der Waals surface area contributed by atoms with Crippen LogP contribution in [0.3, 0.4) is 0 Å². The van der Waals surface area contributed by atoms with Crippen molar-refractivity contribution in [1.29, 1.82) is 0 Å². The average molecular weight is 254 g/mol. The minimum absolute atomic E-state index is 0.473. The summed E-state index contributed by atoms with van der Waals surface area (Å²) >= 11 is 6.12. The van der Waals surface area contributed by atoms with Crippen LogP contribution in [-0.4, -0.2) is 15.6 Å². The first-order valence-electron chi connectivity index (χ1n) is 6.07. The van der Waals surface area contributed by atoms with E-state index < -0.39 is 9.04 Å². The quantitative estimate of drug-likeness (QED) is 0.735. The average Bonchev–Trinajstić information content (AvgIpc) is 2.33. The largest absolute Gasteiger partial charge is 0.417 e. The monoisotopic (exact) mass is 253 g/mol. The number of benzene rings is 1. The van der Waals surface area contributed by atoms with Gasteiger partial charge in [0.05, 0.1) is 0 Å². The van der Waals surface area contributed by atoms with Gasteiger partial charge in [0.1, 0.15) is 0 Å². The summed E-state index contributed by atoms with van der Waals surface area (Å²) in [5.41, 5.74) is 1.28. The van der Waals surface area contributed by atoms with Crippen LogP contribution in [0, 0.1) is 0 Å². The first kappa shape index (κ1) is 12.2. The Bertz CT molecular complexity index is 323. The predicted octanol–water partition coefficient (Wildman–Crippen LogP) is 4.07. The fourth-order valence-corrected chi connectivity index (χ4v) is 4.50. The molecule has 16 heavy (non-hydrogen) atoms. The lowest BCUT2D eigenvalue weighted by molar-refractivity contribution is 0.286. The molecule has 1 heterocycles. The van der Waals surface area contributed by atoms with Gasteiger partial charge in [0, 0.05) is 11.6 Å². The summed E-state index contributed by atoms with van der Waals surface area (Å²) in [4.78, 5) is 0. The van der Waals surface area contributed by atoms with Crippen LogP contribution in [0.5, 0.6) is 0 Å². The molecule has 0 aliphatic carbocycles. The van der Waals surface area contributed by atoms with Gasteiger partial charge in [-0.05, 0) is 43.0 Å². The lowest BCUT2D eigenvalue weighted by atomic mass is 10.1. The maximum Gasteiger partial charge on any atom is 0.211 e. The predicted molar refractivity (Wildman–Crippen MR) is 70.3 cm³/mol. The van der Waals surface area contributed by atoms with Crippen molar-refractivity contribution in [2.24, 2.45) is 0 Å². The molecule has 1 aromatic rings. The Morgan fingerprint density at radius 1 is 1.25 bits per heavy atom. The van der Waals surface area contributed by atoms with E-state index in [9.17, 15) is 0 Å². The maximum atomic E-state index is 6.12. The second-order valence-corrected chi connectivity index (χ2v) is 7.06. The molecule has 1 aliphatic rings. The van der Waals surface area contributed by atoms with Crippen LogP contribution in [0.4, 0.5) is 0 Å². The molecule has 1 saturated heterocycles. The van der Waals surface area contributed by atoms with E-state index in [-0.39, 0.29) is 0 Å². The second kappa shape index (κ2) is 6.43. The molecule has 0 aromatic heterocycles. The van der Waals surface area contributed by atoms with E-state index in [4.69, 9.17) is 16.0 Å². The third-order valence-electron chi connectivity index (χ3n) is 3.02. The highest BCUT2D eigenvalue weighted by Crippen LogP contribution is 2.20. The SMILES string of the molecule is Clc1ccccc1CCC[Si]1CCCCO1. The summed E-state index contributed by atoms with van der Waals surface area (Å²) in [5, 5.41) is 0.907. The van der Waals surface area contributed by atoms with E-state index in [2.05, 4.69) is 12.1 Å². The molecule has 1 fully saturated rings. The highest BCUT2D eigenvalue weighted by Gasteiger charge is 2.16. The van der Waals surface area contributed by atoms with Gasteiger partial charge in [0.15, 0.2) is 0 Å². The van der Waals surface area contributed by atoms with Gasteiger partial charge in [-0.1, -0.05) is 36.2 Å². The first-order valence-corrected chi connectivity index (χ1v) is 8.27. The lowest BCUT2D eigenvalue weighted by Gasteiger charge is -2.20. The molecule has 0 spiro atoms. The van der Waals surface area contributed by atoms with E-state index in [1.165, 1.54) is 36.9 Å². The van der Waals surface area contributed by atoms with Crippen molar-refractivity contribution in [2.75, 3.05) is 6.61 Å². The van der Waals surface area contributed by atoms with Gasteiger partial charge in [-0.15, -0.1) is 0 Å². The molecule has 0 N–H and O–H groups in total. The molecule has 0 amide bonds. The maximum absolute atomic E-state index is 6.12. The second-order valence-electron chi connectivity index (χ2n) is 4.29. The topological polar surface area (TPSA) is 9.23 Å². The normalized spacial score (nSPS) is 17.6. The van der Waals surface area contributed by atoms with E-state index in [0.717, 1.165) is 18.1 Å². The minimum atomic E-state index is -0.473. The Labute approximate surface area is 104 Å². The lowest BCUT2D eigenvalue weighted by Crippen LogP contribution is -2.22. The molecule has 87 valence electrons. The fourth-order valence-electron chi connectivity index (χ4n) is 2.09. The zero-order chi connectivity index (χ0) is 11.2. The van der Waals surface area contributed by atoms with Crippen LogP contribution >= 0.6 is 11.6 Å². The molecule has 1 radical (unpaired) electrons. The zero-order valence-electron chi connectivity index (χ0n) is 9.55. The van der Waals surface area contributed by atoms with Crippen molar-refractivity contribution < 1.29 is 4.43 Å². The number of hydrogen-bond acceptors (Lipinski definition) is 1. The Morgan fingerprint density at radius 3 is 2.88 bits per heavy atom. The molecule has 0 atom stereocenters. The molecule has 3 heteroatoms. The molecule has 1 aromatic carbocycles. The number of rotatable bonds is 4. The molecule has 2 rings (SSSR count). The van der Waals surface area contributed by atoms with E-state index >= 15 is 0 Å². The third-order valence-corrected chi connectivity index (χ3v) is 5.82. The molecule has 1 aliphatic heterocycles. The van der Waals surface area contributed by atoms with Gasteiger partial charge in [-0.3, -0.25) is 0 Å². The Morgan fingerprint density at radius 2 is 2.12 bits per heavy atom. The highest BCUT2D eigenvalue weighted by molar-refractivity contribution is 6.51. The van der Waals surface area contributed by atoms with Gasteiger partial charge in [-0.2, -0.15) is 0 Å². The fraction of sp³-hybridized carbons (Fsp3) is 0.538. The van der Waals surface area contributed by atoms with Crippen molar-refractivity contribution in [1.82, 2.24) is 0 Å². The van der Waals surface area contributed by atoms with Gasteiger partial charge in [0.25, 0.3) is 0 Å². The molecule has 0 unspecified atom stereocenters. The van der Waals surface area contributed by atoms with Crippen LogP contribution < -0.4 is 0 Å². The van der Waals surface area contributed by atoms with Crippen LogP contribution in [0.15, 0.2) is 24.3 Å². The van der Waals surface area contributed by atoms with Gasteiger partial charge in [0.2, 0.25) is 9.04 Å². The van der Waals surface area contributed by atoms with Gasteiger partial charge < -0.3 is 4.43 Å². The molecule has 0 saturated carbocycles. The highest BCUT2D eigenvalue weighted by atomic mass is 35.5. The first-order chi connectivity index (χ1) is 7.86. The molecular formula is C13H18ClOSi. The van der Waals surface area contributed by atoms with E-state index in [1.54, 1.807) is 0 Å². The summed E-state index contributed by atoms with van der Waals surface area (Å²) < 4.78 is 5.81. The number of halogens is 1. The summed E-state index contributed by atoms with van der Waals surface area (Å²) in [7, 11) is -0.473. The van der Waals surface area contributed by atoms with Crippen molar-refractivity contribution in [2.45, 2.75) is 37.8 Å². The molecule has 0 bridgehead atoms. The van der Waals surface area contributed by atoms with Crippen LogP contribution in [0.25, 0.3) is 0 Å². The van der Waals surface area contributed by atoms with Crippen molar-refractivity contribution >= 4 is 20.6 Å². The summed E-state index contributed by atoms with van der Waals surface area (Å²) in [6, 6.07) is 10.8. The summed E-state index contributed by atoms with van der Waals surface area (Å²) in [6.07, 6.45) is 4.95. The zero-order valence-corrected chi connectivity index (χ0v) is 11.3. The standard InChI is InChI=1S/C13H18ClOSi/c14-13-8-2-1-6-12(13)7-5-11-16-10-4-3-9-15-16/h1-2,6,8H,3-5,7,9-11H2. The van der Waals surface area contributed by atoms with E-state index in [1.807, 2.05) is 12.1 Å². The van der Waals surface area contributed by atoms with Crippen LogP contribution in [-0.2, 0) is 10.8 Å². The Balaban J connectivity index is 1.73. The van der Waals surface area contributed by atoms with Crippen LogP contribution in [0.2, 0.25) is 17.1 Å². The Kier molecular flexibility index (Phi) is 4.88. The van der Waals surface area contributed by atoms with Crippen molar-refractivity contribution in [3.8, 4) is 0 Å². The van der Waals surface area contributed by atoms with Crippen LogP contribution in [0.1, 0.15) is 24.8 Å². The third kappa shape index (κ3) is 3.61. The smallest absolute Gasteiger partial charge is 0.211 e. The summed E-state index contributed by atoms with van der Waals surface area (Å²) in [6.45, 7) is 1.00. The van der Waals surface area contributed by atoms with Crippen molar-refractivity contribution in [3.63, 3.8) is 0 Å². The molecular weight excluding hydrogens is 236 g/mol. The summed E-state index contributed by atoms with van der Waals surface area (Å²) in [5.74, 6) is 0. The van der Waals surface area contributed by atoms with Crippen molar-refractivity contribution in [3.05, 3.63) is 34.9 Å². The number of hydrogen-bond donors (Lipinski definition) is 0. The number of aryl methyl sites for hydroxylation is 1. The van der Waals surface area contributed by atoms with E-state index in [0.29, 0.717) is 0 Å². The Hall–Kier alpha value is -0.313.